The summed E-state index contributed by atoms with van der Waals surface area (Å²) in [7, 11) is 0. The molecular formula is C49H32N2. The van der Waals surface area contributed by atoms with E-state index in [0.29, 0.717) is 0 Å². The van der Waals surface area contributed by atoms with Crippen LogP contribution in [0.25, 0.3) is 93.5 Å². The smallest absolute Gasteiger partial charge is 0.0571 e. The lowest BCUT2D eigenvalue weighted by Gasteiger charge is -2.19. The molecule has 0 unspecified atom stereocenters. The Morgan fingerprint density at radius 1 is 0.314 bits per heavy atom. The molecule has 0 aliphatic rings. The molecule has 0 bridgehead atoms. The van der Waals surface area contributed by atoms with Gasteiger partial charge >= 0.3 is 0 Å². The average molecular weight is 649 g/mol. The molecule has 10 aromatic rings. The van der Waals surface area contributed by atoms with Crippen LogP contribution >= 0.6 is 0 Å². The maximum atomic E-state index is 4.51. The Balaban J connectivity index is 1.16. The molecule has 0 aliphatic heterocycles. The van der Waals surface area contributed by atoms with Crippen LogP contribution in [0, 0.1) is 0 Å². The van der Waals surface area contributed by atoms with E-state index in [1.807, 2.05) is 12.4 Å². The lowest BCUT2D eigenvalue weighted by Crippen LogP contribution is -1.93. The summed E-state index contributed by atoms with van der Waals surface area (Å²) in [5, 5.41) is 7.39. The second kappa shape index (κ2) is 12.0. The van der Waals surface area contributed by atoms with Crippen molar-refractivity contribution in [2.45, 2.75) is 0 Å². The third-order valence-corrected chi connectivity index (χ3v) is 10.3. The van der Waals surface area contributed by atoms with Crippen LogP contribution in [0.5, 0.6) is 0 Å². The van der Waals surface area contributed by atoms with Crippen molar-refractivity contribution in [2.75, 3.05) is 0 Å². The molecule has 0 atom stereocenters. The Morgan fingerprint density at radius 3 is 1.47 bits per heavy atom. The van der Waals surface area contributed by atoms with Crippen LogP contribution in [0.1, 0.15) is 0 Å². The molecule has 0 amide bonds. The van der Waals surface area contributed by atoms with Gasteiger partial charge in [0.05, 0.1) is 11.0 Å². The third-order valence-electron chi connectivity index (χ3n) is 10.3. The van der Waals surface area contributed by atoms with Gasteiger partial charge in [-0.15, -0.1) is 0 Å². The van der Waals surface area contributed by atoms with Crippen LogP contribution < -0.4 is 0 Å². The molecule has 2 aromatic heterocycles. The molecule has 0 saturated carbocycles. The minimum Gasteiger partial charge on any atom is -0.309 e. The number of hydrogen-bond acceptors (Lipinski definition) is 1. The highest BCUT2D eigenvalue weighted by Gasteiger charge is 2.18. The quantitative estimate of drug-likeness (QED) is 0.170. The Bertz CT molecular complexity index is 2890. The number of fused-ring (bicyclic) bond motifs is 5. The number of hydrogen-bond donors (Lipinski definition) is 0. The van der Waals surface area contributed by atoms with Gasteiger partial charge in [0.15, 0.2) is 0 Å². The highest BCUT2D eigenvalue weighted by molar-refractivity contribution is 6.22. The maximum Gasteiger partial charge on any atom is 0.0571 e. The van der Waals surface area contributed by atoms with Gasteiger partial charge in [0.1, 0.15) is 0 Å². The number of rotatable bonds is 5. The van der Waals surface area contributed by atoms with Gasteiger partial charge in [0.25, 0.3) is 0 Å². The molecule has 238 valence electrons. The van der Waals surface area contributed by atoms with Crippen molar-refractivity contribution < 1.29 is 0 Å². The highest BCUT2D eigenvalue weighted by atomic mass is 15.0. The first-order valence-corrected chi connectivity index (χ1v) is 17.5. The Hall–Kier alpha value is -6.77. The van der Waals surface area contributed by atoms with Crippen molar-refractivity contribution in [1.82, 2.24) is 9.55 Å². The zero-order valence-electron chi connectivity index (χ0n) is 27.9. The van der Waals surface area contributed by atoms with Crippen molar-refractivity contribution in [3.05, 3.63) is 194 Å². The Morgan fingerprint density at radius 2 is 0.804 bits per heavy atom. The standard InChI is InChI=1S/C49H32N2/c1-4-13-33(14-5-1)48-40-21-10-11-22-41(40)49(34-15-6-2-7-16-34)44-31-37(23-25-42(44)48)35-17-12-18-36(29-35)38-24-26-46-43(30-38)45-32-50-28-27-47(45)51(46)39-19-8-3-9-20-39/h1-32H. The maximum absolute atomic E-state index is 4.51. The minimum atomic E-state index is 1.15. The van der Waals surface area contributed by atoms with Crippen molar-refractivity contribution >= 4 is 43.4 Å². The van der Waals surface area contributed by atoms with Gasteiger partial charge in [-0.05, 0) is 109 Å². The predicted molar refractivity (Wildman–Crippen MR) is 215 cm³/mol. The fourth-order valence-electron chi connectivity index (χ4n) is 7.97. The molecule has 0 fully saturated rings. The number of para-hydroxylation sites is 1. The third kappa shape index (κ3) is 4.84. The summed E-state index contributed by atoms with van der Waals surface area (Å²) in [6.45, 7) is 0. The van der Waals surface area contributed by atoms with Crippen LogP contribution in [0.3, 0.4) is 0 Å². The van der Waals surface area contributed by atoms with E-state index in [9.17, 15) is 0 Å². The van der Waals surface area contributed by atoms with E-state index in [2.05, 4.69) is 192 Å². The summed E-state index contributed by atoms with van der Waals surface area (Å²) in [6, 6.07) is 66.0. The van der Waals surface area contributed by atoms with Gasteiger partial charge in [-0.3, -0.25) is 4.98 Å². The second-order valence-electron chi connectivity index (χ2n) is 13.2. The molecule has 0 N–H and O–H groups in total. The Kier molecular flexibility index (Phi) is 6.85. The van der Waals surface area contributed by atoms with Crippen LogP contribution in [-0.4, -0.2) is 9.55 Å². The zero-order chi connectivity index (χ0) is 33.7. The molecule has 0 saturated heterocycles. The first kappa shape index (κ1) is 29.2. The van der Waals surface area contributed by atoms with Crippen LogP contribution in [0.2, 0.25) is 0 Å². The molecule has 0 spiro atoms. The van der Waals surface area contributed by atoms with Crippen molar-refractivity contribution in [3.8, 4) is 50.2 Å². The molecular weight excluding hydrogens is 617 g/mol. The second-order valence-corrected chi connectivity index (χ2v) is 13.2. The highest BCUT2D eigenvalue weighted by Crippen LogP contribution is 2.45. The minimum absolute atomic E-state index is 1.15. The van der Waals surface area contributed by atoms with E-state index in [0.717, 1.165) is 16.6 Å². The Labute approximate surface area is 296 Å². The SMILES string of the molecule is c1ccc(-c2c3ccccc3c(-c3ccccc3)c3cc(-c4cccc(-c5ccc6c(c5)c5cnccc5n6-c5ccccc5)c4)ccc23)cc1. The van der Waals surface area contributed by atoms with Crippen LogP contribution in [-0.2, 0) is 0 Å². The predicted octanol–water partition coefficient (Wildman–Crippen LogP) is 13.2. The van der Waals surface area contributed by atoms with E-state index < -0.39 is 0 Å². The molecule has 2 heteroatoms. The van der Waals surface area contributed by atoms with Crippen LogP contribution in [0.15, 0.2) is 194 Å². The molecule has 0 radical (unpaired) electrons. The molecule has 0 aliphatic carbocycles. The van der Waals surface area contributed by atoms with E-state index in [1.54, 1.807) is 0 Å². The fraction of sp³-hybridized carbons (Fsp3) is 0. The van der Waals surface area contributed by atoms with Gasteiger partial charge in [0.2, 0.25) is 0 Å². The van der Waals surface area contributed by atoms with E-state index in [4.69, 9.17) is 0 Å². The van der Waals surface area contributed by atoms with Crippen molar-refractivity contribution in [2.24, 2.45) is 0 Å². The number of pyridine rings is 1. The summed E-state index contributed by atoms with van der Waals surface area (Å²) < 4.78 is 2.33. The number of nitrogens with zero attached hydrogens (tertiary/aromatic N) is 2. The average Bonchev–Trinajstić information content (AvgIpc) is 3.54. The van der Waals surface area contributed by atoms with Gasteiger partial charge in [-0.2, -0.15) is 0 Å². The number of aromatic nitrogens is 2. The van der Waals surface area contributed by atoms with E-state index in [-0.39, 0.29) is 0 Å². The molecule has 8 aromatic carbocycles. The normalized spacial score (nSPS) is 11.5. The molecule has 2 nitrogen and oxygen atoms in total. The summed E-state index contributed by atoms with van der Waals surface area (Å²) >= 11 is 0. The summed E-state index contributed by atoms with van der Waals surface area (Å²) in [5.74, 6) is 0. The lowest BCUT2D eigenvalue weighted by molar-refractivity contribution is 1.17. The van der Waals surface area contributed by atoms with Crippen molar-refractivity contribution in [1.29, 1.82) is 0 Å². The van der Waals surface area contributed by atoms with Crippen molar-refractivity contribution in [3.63, 3.8) is 0 Å². The van der Waals surface area contributed by atoms with E-state index in [1.165, 1.54) is 77.0 Å². The first-order chi connectivity index (χ1) is 25.3. The molecule has 51 heavy (non-hydrogen) atoms. The first-order valence-electron chi connectivity index (χ1n) is 17.5. The topological polar surface area (TPSA) is 17.8 Å². The van der Waals surface area contributed by atoms with Gasteiger partial charge in [0, 0.05) is 28.9 Å². The lowest BCUT2D eigenvalue weighted by atomic mass is 9.85. The van der Waals surface area contributed by atoms with Gasteiger partial charge in [-0.25, -0.2) is 0 Å². The molecule has 2 heterocycles. The summed E-state index contributed by atoms with van der Waals surface area (Å²) in [6.07, 6.45) is 3.87. The van der Waals surface area contributed by atoms with Crippen LogP contribution in [0.4, 0.5) is 0 Å². The van der Waals surface area contributed by atoms with Gasteiger partial charge < -0.3 is 4.57 Å². The van der Waals surface area contributed by atoms with E-state index >= 15 is 0 Å². The largest absolute Gasteiger partial charge is 0.309 e. The molecule has 10 rings (SSSR count). The fourth-order valence-corrected chi connectivity index (χ4v) is 7.97. The zero-order valence-corrected chi connectivity index (χ0v) is 27.9. The summed E-state index contributed by atoms with van der Waals surface area (Å²) in [5.41, 5.74) is 13.2. The van der Waals surface area contributed by atoms with Gasteiger partial charge in [-0.1, -0.05) is 140 Å². The monoisotopic (exact) mass is 648 g/mol. The number of benzene rings is 8. The summed E-state index contributed by atoms with van der Waals surface area (Å²) in [4.78, 5) is 4.51.